The van der Waals surface area contributed by atoms with Gasteiger partial charge in [-0.1, -0.05) is 12.1 Å². The van der Waals surface area contributed by atoms with Gasteiger partial charge < -0.3 is 10.3 Å². The van der Waals surface area contributed by atoms with Crippen LogP contribution in [0.3, 0.4) is 0 Å². The van der Waals surface area contributed by atoms with Gasteiger partial charge in [-0.05, 0) is 12.1 Å². The molecule has 0 saturated heterocycles. The highest BCUT2D eigenvalue weighted by Crippen LogP contribution is 2.26. The second-order valence-electron chi connectivity index (χ2n) is 4.87. The summed E-state index contributed by atoms with van der Waals surface area (Å²) in [6, 6.07) is 5.22. The van der Waals surface area contributed by atoms with E-state index < -0.39 is 29.6 Å². The van der Waals surface area contributed by atoms with E-state index in [0.29, 0.717) is 6.21 Å². The Balaban J connectivity index is 2.34. The highest BCUT2D eigenvalue weighted by molar-refractivity contribution is 6.26. The standard InChI is InChI=1S/C15H13N3O5/c1-23-13(20)7-9(6-10(19)8-17-16)18-14(21)11-4-2-3-5-12(11)15(18)22/h2-5,8-9H,6-7H2,1H3/t9-/m1/s1. The van der Waals surface area contributed by atoms with E-state index in [2.05, 4.69) is 9.53 Å². The van der Waals surface area contributed by atoms with Crippen molar-refractivity contribution >= 4 is 29.8 Å². The maximum absolute atomic E-state index is 12.4. The molecule has 1 aromatic rings. The molecule has 0 unspecified atom stereocenters. The van der Waals surface area contributed by atoms with Crippen LogP contribution < -0.4 is 0 Å². The first-order valence-corrected chi connectivity index (χ1v) is 6.73. The molecule has 0 saturated carbocycles. The number of hydrogen-bond acceptors (Lipinski definition) is 5. The number of hydrogen-bond donors (Lipinski definition) is 0. The van der Waals surface area contributed by atoms with Crippen molar-refractivity contribution in [3.63, 3.8) is 0 Å². The highest BCUT2D eigenvalue weighted by Gasteiger charge is 2.41. The van der Waals surface area contributed by atoms with Gasteiger partial charge in [0, 0.05) is 6.42 Å². The molecule has 2 amide bonds. The first kappa shape index (κ1) is 16.3. The summed E-state index contributed by atoms with van der Waals surface area (Å²) in [5, 5.41) is 0. The number of benzene rings is 1. The van der Waals surface area contributed by atoms with Crippen LogP contribution in [0.25, 0.3) is 5.53 Å². The molecule has 23 heavy (non-hydrogen) atoms. The summed E-state index contributed by atoms with van der Waals surface area (Å²) in [7, 11) is 1.17. The van der Waals surface area contributed by atoms with Crippen molar-refractivity contribution < 1.29 is 28.7 Å². The predicted molar refractivity (Wildman–Crippen MR) is 76.7 cm³/mol. The lowest BCUT2D eigenvalue weighted by molar-refractivity contribution is -0.141. The fourth-order valence-corrected chi connectivity index (χ4v) is 2.42. The molecular formula is C15H13N3O5. The van der Waals surface area contributed by atoms with Gasteiger partial charge in [0.15, 0.2) is 0 Å². The summed E-state index contributed by atoms with van der Waals surface area (Å²) in [6.45, 7) is 0. The average molecular weight is 315 g/mol. The second-order valence-corrected chi connectivity index (χ2v) is 4.87. The normalized spacial score (nSPS) is 14.0. The summed E-state index contributed by atoms with van der Waals surface area (Å²) in [5.41, 5.74) is 8.83. The third-order valence-corrected chi connectivity index (χ3v) is 3.46. The van der Waals surface area contributed by atoms with Gasteiger partial charge in [-0.3, -0.25) is 24.1 Å². The lowest BCUT2D eigenvalue weighted by Crippen LogP contribution is -2.42. The Morgan fingerprint density at radius 2 is 1.78 bits per heavy atom. The summed E-state index contributed by atoms with van der Waals surface area (Å²) in [6.07, 6.45) is -0.0138. The van der Waals surface area contributed by atoms with Gasteiger partial charge >= 0.3 is 12.2 Å². The monoisotopic (exact) mass is 315 g/mol. The molecule has 1 aliphatic rings. The number of ketones is 1. The SMILES string of the molecule is COC(=O)C[C@@H](CC(=O)C=[N+]=[N-])N1C(=O)c2ccccc2C1=O. The number of imide groups is 1. The molecule has 1 aromatic carbocycles. The maximum atomic E-state index is 12.4. The van der Waals surface area contributed by atoms with Crippen molar-refractivity contribution in [2.75, 3.05) is 7.11 Å². The van der Waals surface area contributed by atoms with Crippen LogP contribution >= 0.6 is 0 Å². The topological polar surface area (TPSA) is 117 Å². The molecule has 1 atom stereocenters. The van der Waals surface area contributed by atoms with Crippen LogP contribution in [0.2, 0.25) is 0 Å². The van der Waals surface area contributed by atoms with Crippen LogP contribution in [-0.4, -0.2) is 52.6 Å². The number of fused-ring (bicyclic) bond motifs is 1. The minimum Gasteiger partial charge on any atom is -0.469 e. The van der Waals surface area contributed by atoms with Gasteiger partial charge in [0.25, 0.3) is 11.8 Å². The van der Waals surface area contributed by atoms with Crippen LogP contribution in [0.4, 0.5) is 0 Å². The van der Waals surface area contributed by atoms with Crippen molar-refractivity contribution in [1.29, 1.82) is 0 Å². The molecule has 0 spiro atoms. The maximum Gasteiger partial charge on any atom is 0.323 e. The minimum atomic E-state index is -1.01. The Morgan fingerprint density at radius 3 is 2.26 bits per heavy atom. The van der Waals surface area contributed by atoms with Gasteiger partial charge in [0.05, 0.1) is 30.7 Å². The number of nitrogens with zero attached hydrogens (tertiary/aromatic N) is 3. The van der Waals surface area contributed by atoms with Crippen LogP contribution in [0.15, 0.2) is 24.3 Å². The molecule has 0 radical (unpaired) electrons. The van der Waals surface area contributed by atoms with Crippen LogP contribution in [0.1, 0.15) is 33.6 Å². The zero-order valence-corrected chi connectivity index (χ0v) is 12.3. The largest absolute Gasteiger partial charge is 0.469 e. The number of amides is 2. The van der Waals surface area contributed by atoms with Crippen LogP contribution in [0.5, 0.6) is 0 Å². The number of rotatable bonds is 6. The Bertz CT molecular complexity index is 701. The highest BCUT2D eigenvalue weighted by atomic mass is 16.5. The van der Waals surface area contributed by atoms with E-state index in [4.69, 9.17) is 5.53 Å². The Morgan fingerprint density at radius 1 is 1.22 bits per heavy atom. The van der Waals surface area contributed by atoms with Crippen molar-refractivity contribution in [1.82, 2.24) is 4.90 Å². The van der Waals surface area contributed by atoms with E-state index >= 15 is 0 Å². The van der Waals surface area contributed by atoms with Crippen LogP contribution in [0, 0.1) is 0 Å². The molecule has 0 fully saturated rings. The van der Waals surface area contributed by atoms with Crippen molar-refractivity contribution in [3.05, 3.63) is 40.9 Å². The quantitative estimate of drug-likeness (QED) is 0.249. The van der Waals surface area contributed by atoms with Gasteiger partial charge in [-0.25, -0.2) is 0 Å². The molecular weight excluding hydrogens is 302 g/mol. The van der Waals surface area contributed by atoms with Gasteiger partial charge in [-0.2, -0.15) is 4.79 Å². The third-order valence-electron chi connectivity index (χ3n) is 3.46. The first-order chi connectivity index (χ1) is 11.0. The van der Waals surface area contributed by atoms with E-state index in [-0.39, 0.29) is 24.0 Å². The lowest BCUT2D eigenvalue weighted by Gasteiger charge is -2.23. The molecule has 118 valence electrons. The van der Waals surface area contributed by atoms with Crippen molar-refractivity contribution in [2.24, 2.45) is 0 Å². The summed E-state index contributed by atoms with van der Waals surface area (Å²) < 4.78 is 4.55. The summed E-state index contributed by atoms with van der Waals surface area (Å²) >= 11 is 0. The average Bonchev–Trinajstić information content (AvgIpc) is 2.79. The molecule has 8 heteroatoms. The molecule has 0 N–H and O–H groups in total. The van der Waals surface area contributed by atoms with Crippen molar-refractivity contribution in [3.8, 4) is 0 Å². The molecule has 2 rings (SSSR count). The Hall–Kier alpha value is -3.12. The van der Waals surface area contributed by atoms with E-state index in [0.717, 1.165) is 4.90 Å². The number of methoxy groups -OCH3 is 1. The summed E-state index contributed by atoms with van der Waals surface area (Å²) in [4.78, 5) is 51.5. The number of esters is 1. The fraction of sp³-hybridized carbons (Fsp3) is 0.267. The summed E-state index contributed by atoms with van der Waals surface area (Å²) in [5.74, 6) is -2.44. The van der Waals surface area contributed by atoms with E-state index in [1.54, 1.807) is 12.1 Å². The predicted octanol–water partition coefficient (Wildman–Crippen LogP) is 0.474. The number of ether oxygens (including phenoxy) is 1. The van der Waals surface area contributed by atoms with Gasteiger partial charge in [0.1, 0.15) is 0 Å². The fourth-order valence-electron chi connectivity index (χ4n) is 2.42. The van der Waals surface area contributed by atoms with Crippen molar-refractivity contribution in [2.45, 2.75) is 18.9 Å². The zero-order chi connectivity index (χ0) is 17.0. The molecule has 8 nitrogen and oxygen atoms in total. The molecule has 0 bridgehead atoms. The molecule has 1 aliphatic heterocycles. The number of carbonyl (C=O) groups is 4. The first-order valence-electron chi connectivity index (χ1n) is 6.73. The minimum absolute atomic E-state index is 0.218. The molecule has 0 aromatic heterocycles. The second kappa shape index (κ2) is 6.76. The van der Waals surface area contributed by atoms with Gasteiger partial charge in [-0.15, -0.1) is 0 Å². The molecule has 0 aliphatic carbocycles. The Kier molecular flexibility index (Phi) is 4.78. The van der Waals surface area contributed by atoms with Crippen LogP contribution in [-0.2, 0) is 14.3 Å². The smallest absolute Gasteiger partial charge is 0.323 e. The third kappa shape index (κ3) is 3.22. The van der Waals surface area contributed by atoms with Gasteiger partial charge in [0.2, 0.25) is 5.78 Å². The number of carbonyl (C=O) groups excluding carboxylic acids is 4. The van der Waals surface area contributed by atoms with E-state index in [1.807, 2.05) is 0 Å². The van der Waals surface area contributed by atoms with E-state index in [1.165, 1.54) is 19.2 Å². The Labute approximate surface area is 131 Å². The number of Topliss-reactive ketones (excluding diaryl/α,β-unsaturated/α-hetero) is 1. The lowest BCUT2D eigenvalue weighted by atomic mass is 10.1. The van der Waals surface area contributed by atoms with E-state index in [9.17, 15) is 19.2 Å². The zero-order valence-electron chi connectivity index (χ0n) is 12.3. The molecule has 1 heterocycles.